The molecule has 5 heteroatoms. The van der Waals surface area contributed by atoms with Crippen molar-refractivity contribution in [3.63, 3.8) is 0 Å². The van der Waals surface area contributed by atoms with Gasteiger partial charge in [-0.15, -0.1) is 0 Å². The number of hydrogen-bond acceptors (Lipinski definition) is 2. The largest absolute Gasteiger partial charge is 0.372 e. The van der Waals surface area contributed by atoms with Gasteiger partial charge in [-0.1, -0.05) is 11.6 Å². The van der Waals surface area contributed by atoms with E-state index in [2.05, 4.69) is 0 Å². The minimum Gasteiger partial charge on any atom is -0.372 e. The van der Waals surface area contributed by atoms with Crippen molar-refractivity contribution in [1.82, 2.24) is 0 Å². The highest BCUT2D eigenvalue weighted by molar-refractivity contribution is 6.30. The van der Waals surface area contributed by atoms with Gasteiger partial charge in [0.15, 0.2) is 0 Å². The molecule has 1 rings (SSSR count). The van der Waals surface area contributed by atoms with Crippen LogP contribution in [0.4, 0.5) is 10.1 Å². The van der Waals surface area contributed by atoms with Crippen molar-refractivity contribution in [3.05, 3.63) is 29.0 Å². The lowest BCUT2D eigenvalue weighted by Gasteiger charge is -2.24. The van der Waals surface area contributed by atoms with Gasteiger partial charge in [0.2, 0.25) is 0 Å². The van der Waals surface area contributed by atoms with Crippen LogP contribution in [0.3, 0.4) is 0 Å². The summed E-state index contributed by atoms with van der Waals surface area (Å²) in [6, 6.07) is 4.28. The van der Waals surface area contributed by atoms with Gasteiger partial charge in [0.05, 0.1) is 5.02 Å². The van der Waals surface area contributed by atoms with Gasteiger partial charge in [0, 0.05) is 19.3 Å². The molecule has 1 amide bonds. The lowest BCUT2D eigenvalue weighted by molar-refractivity contribution is -0.127. The molecule has 0 radical (unpaired) electrons. The molecule has 1 atom stereocenters. The van der Waals surface area contributed by atoms with Crippen LogP contribution in [0.1, 0.15) is 13.8 Å². The summed E-state index contributed by atoms with van der Waals surface area (Å²) in [7, 11) is 1.46. The smallest absolute Gasteiger partial charge is 0.255 e. The van der Waals surface area contributed by atoms with E-state index in [4.69, 9.17) is 16.3 Å². The molecule has 0 aromatic heterocycles. The van der Waals surface area contributed by atoms with E-state index in [1.807, 2.05) is 6.92 Å². The van der Waals surface area contributed by atoms with Gasteiger partial charge >= 0.3 is 0 Å². The maximum atomic E-state index is 13.3. The number of benzene rings is 1. The van der Waals surface area contributed by atoms with E-state index in [9.17, 15) is 9.18 Å². The number of carbonyl (C=O) groups is 1. The van der Waals surface area contributed by atoms with Crippen LogP contribution in [0.2, 0.25) is 5.02 Å². The maximum Gasteiger partial charge on any atom is 0.255 e. The molecule has 0 spiro atoms. The Morgan fingerprint density at radius 1 is 1.59 bits per heavy atom. The van der Waals surface area contributed by atoms with Crippen LogP contribution >= 0.6 is 11.6 Å². The van der Waals surface area contributed by atoms with Crippen molar-refractivity contribution in [2.75, 3.05) is 18.6 Å². The average molecular weight is 260 g/mol. The van der Waals surface area contributed by atoms with Gasteiger partial charge < -0.3 is 9.64 Å². The third-order valence-electron chi connectivity index (χ3n) is 2.50. The lowest BCUT2D eigenvalue weighted by Crippen LogP contribution is -2.38. The van der Waals surface area contributed by atoms with E-state index in [-0.39, 0.29) is 10.9 Å². The third-order valence-corrected chi connectivity index (χ3v) is 2.80. The highest BCUT2D eigenvalue weighted by Gasteiger charge is 2.20. The van der Waals surface area contributed by atoms with Gasteiger partial charge in [0.1, 0.15) is 11.9 Å². The molecule has 1 aromatic carbocycles. The summed E-state index contributed by atoms with van der Waals surface area (Å²) in [5.74, 6) is -0.753. The Morgan fingerprint density at radius 2 is 2.24 bits per heavy atom. The molecular formula is C12H15ClFNO2. The summed E-state index contributed by atoms with van der Waals surface area (Å²) in [5, 5.41) is 0.0389. The van der Waals surface area contributed by atoms with Crippen LogP contribution < -0.4 is 4.90 Å². The Labute approximate surface area is 105 Å². The number of likely N-dealkylation sites (N-methyl/N-ethyl adjacent to an activating group) is 1. The highest BCUT2D eigenvalue weighted by atomic mass is 35.5. The predicted octanol–water partition coefficient (Wildman–Crippen LogP) is 2.87. The minimum atomic E-state index is -0.561. The first-order chi connectivity index (χ1) is 8.01. The van der Waals surface area contributed by atoms with Crippen molar-refractivity contribution < 1.29 is 13.9 Å². The summed E-state index contributed by atoms with van der Waals surface area (Å²) in [6.45, 7) is 3.90. The number of halogens is 2. The summed E-state index contributed by atoms with van der Waals surface area (Å²) >= 11 is 5.59. The third kappa shape index (κ3) is 3.17. The normalized spacial score (nSPS) is 12.3. The Hall–Kier alpha value is -1.13. The van der Waals surface area contributed by atoms with Crippen molar-refractivity contribution in [3.8, 4) is 0 Å². The number of carbonyl (C=O) groups excluding carboxylic acids is 1. The van der Waals surface area contributed by atoms with Gasteiger partial charge in [-0.3, -0.25) is 4.79 Å². The fraction of sp³-hybridized carbons (Fsp3) is 0.417. The van der Waals surface area contributed by atoms with Gasteiger partial charge in [-0.05, 0) is 32.0 Å². The first-order valence-corrected chi connectivity index (χ1v) is 5.68. The van der Waals surface area contributed by atoms with Crippen LogP contribution in [0.25, 0.3) is 0 Å². The van der Waals surface area contributed by atoms with E-state index in [1.54, 1.807) is 13.0 Å². The van der Waals surface area contributed by atoms with Crippen molar-refractivity contribution in [2.45, 2.75) is 20.0 Å². The van der Waals surface area contributed by atoms with Crippen LogP contribution in [-0.4, -0.2) is 25.7 Å². The van der Waals surface area contributed by atoms with Crippen LogP contribution in [0, 0.1) is 5.82 Å². The molecule has 0 aliphatic rings. The van der Waals surface area contributed by atoms with E-state index >= 15 is 0 Å². The average Bonchev–Trinajstić information content (AvgIpc) is 2.33. The number of rotatable bonds is 4. The fourth-order valence-corrected chi connectivity index (χ4v) is 1.56. The second-order valence-electron chi connectivity index (χ2n) is 3.56. The summed E-state index contributed by atoms with van der Waals surface area (Å²) in [5.41, 5.74) is 0.475. The molecular weight excluding hydrogens is 245 g/mol. The molecule has 0 saturated heterocycles. The van der Waals surface area contributed by atoms with E-state index in [1.165, 1.54) is 24.1 Å². The number of methoxy groups -OCH3 is 1. The number of amides is 1. The molecule has 1 aromatic rings. The zero-order chi connectivity index (χ0) is 13.0. The lowest BCUT2D eigenvalue weighted by atomic mass is 10.2. The van der Waals surface area contributed by atoms with Gasteiger partial charge in [0.25, 0.3) is 5.91 Å². The Bertz CT molecular complexity index is 411. The van der Waals surface area contributed by atoms with E-state index in [0.29, 0.717) is 12.2 Å². The van der Waals surface area contributed by atoms with Gasteiger partial charge in [-0.25, -0.2) is 4.39 Å². The number of nitrogens with zero attached hydrogens (tertiary/aromatic N) is 1. The summed E-state index contributed by atoms with van der Waals surface area (Å²) in [4.78, 5) is 13.4. The van der Waals surface area contributed by atoms with E-state index in [0.717, 1.165) is 0 Å². The van der Waals surface area contributed by atoms with Crippen LogP contribution in [0.5, 0.6) is 0 Å². The molecule has 94 valence electrons. The van der Waals surface area contributed by atoms with Crippen LogP contribution in [0.15, 0.2) is 18.2 Å². The zero-order valence-corrected chi connectivity index (χ0v) is 10.8. The maximum absolute atomic E-state index is 13.3. The SMILES string of the molecule is CCN(C(=O)C(C)OC)c1ccc(Cl)c(F)c1. The monoisotopic (exact) mass is 259 g/mol. The molecule has 0 aliphatic heterocycles. The Kier molecular flexibility index (Phi) is 4.90. The second kappa shape index (κ2) is 5.98. The molecule has 17 heavy (non-hydrogen) atoms. The van der Waals surface area contributed by atoms with Crippen molar-refractivity contribution in [1.29, 1.82) is 0 Å². The first-order valence-electron chi connectivity index (χ1n) is 5.30. The highest BCUT2D eigenvalue weighted by Crippen LogP contribution is 2.22. The van der Waals surface area contributed by atoms with Crippen LogP contribution in [-0.2, 0) is 9.53 Å². The predicted molar refractivity (Wildman–Crippen MR) is 65.9 cm³/mol. The second-order valence-corrected chi connectivity index (χ2v) is 3.97. The van der Waals surface area contributed by atoms with Gasteiger partial charge in [-0.2, -0.15) is 0 Å². The molecule has 3 nitrogen and oxygen atoms in total. The molecule has 1 unspecified atom stereocenters. The molecule has 0 aliphatic carbocycles. The topological polar surface area (TPSA) is 29.5 Å². The summed E-state index contributed by atoms with van der Waals surface area (Å²) < 4.78 is 18.3. The zero-order valence-electron chi connectivity index (χ0n) is 10.0. The van der Waals surface area contributed by atoms with Crippen molar-refractivity contribution in [2.24, 2.45) is 0 Å². The minimum absolute atomic E-state index is 0.0389. The molecule has 0 bridgehead atoms. The van der Waals surface area contributed by atoms with E-state index < -0.39 is 11.9 Å². The number of ether oxygens (including phenoxy) is 1. The number of anilines is 1. The first kappa shape index (κ1) is 13.9. The molecule has 0 fully saturated rings. The molecule has 0 heterocycles. The molecule has 0 saturated carbocycles. The Balaban J connectivity index is 3.01. The fourth-order valence-electron chi connectivity index (χ4n) is 1.44. The summed E-state index contributed by atoms with van der Waals surface area (Å²) in [6.07, 6.45) is -0.561. The standard InChI is InChI=1S/C12H15ClFNO2/c1-4-15(12(16)8(2)17-3)9-5-6-10(13)11(14)7-9/h5-8H,4H2,1-3H3. The molecule has 0 N–H and O–H groups in total. The Morgan fingerprint density at radius 3 is 2.71 bits per heavy atom. The van der Waals surface area contributed by atoms with Crippen molar-refractivity contribution >= 4 is 23.2 Å². The number of hydrogen-bond donors (Lipinski definition) is 0. The quantitative estimate of drug-likeness (QED) is 0.832.